The molecule has 3 aliphatic rings. The summed E-state index contributed by atoms with van der Waals surface area (Å²) in [5.74, 6) is -0.939. The molecule has 30 heavy (non-hydrogen) atoms. The van der Waals surface area contributed by atoms with E-state index in [1.165, 1.54) is 18.2 Å². The van der Waals surface area contributed by atoms with Crippen LogP contribution in [0.1, 0.15) is 42.0 Å². The number of nitrogens with one attached hydrogen (secondary N) is 2. The average molecular weight is 423 g/mol. The van der Waals surface area contributed by atoms with Crippen LogP contribution in [0.5, 0.6) is 0 Å². The van der Waals surface area contributed by atoms with Crippen molar-refractivity contribution in [3.8, 4) is 0 Å². The molecule has 0 radical (unpaired) electrons. The summed E-state index contributed by atoms with van der Waals surface area (Å²) in [4.78, 5) is 26.5. The first kappa shape index (κ1) is 19.1. The van der Waals surface area contributed by atoms with Crippen LogP contribution in [0.2, 0.25) is 5.02 Å². The molecule has 1 unspecified atom stereocenters. The van der Waals surface area contributed by atoms with Gasteiger partial charge in [-0.2, -0.15) is 0 Å². The molecule has 0 aromatic heterocycles. The zero-order valence-corrected chi connectivity index (χ0v) is 17.1. The van der Waals surface area contributed by atoms with Crippen LogP contribution in [0, 0.1) is 12.7 Å². The Balaban J connectivity index is 1.84. The van der Waals surface area contributed by atoms with Crippen LogP contribution in [0.3, 0.4) is 0 Å². The van der Waals surface area contributed by atoms with E-state index in [9.17, 15) is 14.0 Å². The summed E-state index contributed by atoms with van der Waals surface area (Å²) >= 11 is 6.19. The molecule has 0 bridgehead atoms. The van der Waals surface area contributed by atoms with Crippen molar-refractivity contribution >= 4 is 29.1 Å². The average Bonchev–Trinajstić information content (AvgIpc) is 3.33. The topological polar surface area (TPSA) is 58.2 Å². The first-order chi connectivity index (χ1) is 14.4. The van der Waals surface area contributed by atoms with Crippen LogP contribution in [-0.2, 0) is 15.0 Å². The lowest BCUT2D eigenvalue weighted by atomic mass is 9.63. The van der Waals surface area contributed by atoms with Crippen LogP contribution in [-0.4, -0.2) is 11.8 Å². The minimum Gasteiger partial charge on any atom is -0.344 e. The van der Waals surface area contributed by atoms with E-state index in [1.807, 2.05) is 13.0 Å². The molecular formula is C24H20ClFN2O2. The largest absolute Gasteiger partial charge is 0.344 e. The number of fused-ring (bicyclic) bond motifs is 2. The Labute approximate surface area is 178 Å². The van der Waals surface area contributed by atoms with Gasteiger partial charge in [-0.15, -0.1) is 0 Å². The highest BCUT2D eigenvalue weighted by Crippen LogP contribution is 2.55. The van der Waals surface area contributed by atoms with Gasteiger partial charge in [0.25, 0.3) is 0 Å². The third-order valence-electron chi connectivity index (χ3n) is 6.37. The summed E-state index contributed by atoms with van der Waals surface area (Å²) < 4.78 is 14.3. The second kappa shape index (κ2) is 6.81. The van der Waals surface area contributed by atoms with Gasteiger partial charge < -0.3 is 10.6 Å². The zero-order valence-electron chi connectivity index (χ0n) is 16.4. The van der Waals surface area contributed by atoms with E-state index in [2.05, 4.69) is 16.7 Å². The molecule has 1 spiro atoms. The third kappa shape index (κ3) is 2.65. The maximum Gasteiger partial charge on any atom is 0.244 e. The Morgan fingerprint density at radius 2 is 2.00 bits per heavy atom. The minimum absolute atomic E-state index is 0.243. The summed E-state index contributed by atoms with van der Waals surface area (Å²) in [7, 11) is 0. The lowest BCUT2D eigenvalue weighted by Gasteiger charge is -2.42. The molecule has 2 heterocycles. The molecule has 2 N–H and O–H groups in total. The molecular weight excluding hydrogens is 403 g/mol. The number of amides is 2. The highest BCUT2D eigenvalue weighted by atomic mass is 35.5. The Kier molecular flexibility index (Phi) is 4.33. The third-order valence-corrected chi connectivity index (χ3v) is 6.61. The Morgan fingerprint density at radius 3 is 2.77 bits per heavy atom. The van der Waals surface area contributed by atoms with Crippen molar-refractivity contribution < 1.29 is 14.0 Å². The van der Waals surface area contributed by atoms with Crippen molar-refractivity contribution in [3.05, 3.63) is 87.2 Å². The number of rotatable bonds is 2. The van der Waals surface area contributed by atoms with Crippen LogP contribution in [0.15, 0.2) is 59.7 Å². The van der Waals surface area contributed by atoms with Crippen LogP contribution >= 0.6 is 11.6 Å². The van der Waals surface area contributed by atoms with Gasteiger partial charge in [0.05, 0.1) is 6.04 Å². The predicted octanol–water partition coefficient (Wildman–Crippen LogP) is 4.89. The molecule has 2 aromatic carbocycles. The van der Waals surface area contributed by atoms with Crippen molar-refractivity contribution in [1.29, 1.82) is 0 Å². The second-order valence-corrected chi connectivity index (χ2v) is 8.51. The van der Waals surface area contributed by atoms with Crippen molar-refractivity contribution in [3.63, 3.8) is 0 Å². The molecule has 0 fully saturated rings. The summed E-state index contributed by atoms with van der Waals surface area (Å²) in [6, 6.07) is 9.02. The molecule has 2 amide bonds. The van der Waals surface area contributed by atoms with E-state index in [0.717, 1.165) is 36.0 Å². The molecule has 2 aliphatic heterocycles. The van der Waals surface area contributed by atoms with E-state index in [1.54, 1.807) is 18.2 Å². The number of carbonyl (C=O) groups excluding carboxylic acids is 2. The van der Waals surface area contributed by atoms with E-state index >= 15 is 0 Å². The predicted molar refractivity (Wildman–Crippen MR) is 114 cm³/mol. The van der Waals surface area contributed by atoms with Gasteiger partial charge in [0.15, 0.2) is 0 Å². The van der Waals surface area contributed by atoms with Gasteiger partial charge >= 0.3 is 0 Å². The van der Waals surface area contributed by atoms with E-state index in [-0.39, 0.29) is 11.8 Å². The molecule has 2 aromatic rings. The van der Waals surface area contributed by atoms with Crippen LogP contribution < -0.4 is 10.6 Å². The highest BCUT2D eigenvalue weighted by molar-refractivity contribution is 6.31. The molecule has 0 saturated heterocycles. The SMILES string of the molecule is Cc1ccc(F)cc1[C@H]1NC(=O)C=C(C2=CCCC2)C12C(=O)Nc1cc(Cl)ccc12. The van der Waals surface area contributed by atoms with E-state index in [0.29, 0.717) is 21.8 Å². The second-order valence-electron chi connectivity index (χ2n) is 8.07. The van der Waals surface area contributed by atoms with Crippen molar-refractivity contribution in [2.24, 2.45) is 0 Å². The number of aryl methyl sites for hydroxylation is 1. The fourth-order valence-electron chi connectivity index (χ4n) is 5.05. The van der Waals surface area contributed by atoms with Gasteiger partial charge in [0, 0.05) is 16.8 Å². The van der Waals surface area contributed by atoms with Crippen LogP contribution in [0.25, 0.3) is 0 Å². The summed E-state index contributed by atoms with van der Waals surface area (Å²) in [5.41, 5.74) is 3.25. The van der Waals surface area contributed by atoms with Crippen molar-refractivity contribution in [2.75, 3.05) is 5.32 Å². The first-order valence-electron chi connectivity index (χ1n) is 10.0. The summed E-state index contributed by atoms with van der Waals surface area (Å²) in [5, 5.41) is 6.44. The fourth-order valence-corrected chi connectivity index (χ4v) is 5.22. The zero-order chi connectivity index (χ0) is 21.0. The van der Waals surface area contributed by atoms with Gasteiger partial charge in [-0.25, -0.2) is 4.39 Å². The van der Waals surface area contributed by atoms with Gasteiger partial charge in [0.2, 0.25) is 11.8 Å². The number of anilines is 1. The van der Waals surface area contributed by atoms with E-state index < -0.39 is 17.3 Å². The quantitative estimate of drug-likeness (QED) is 0.724. The first-order valence-corrected chi connectivity index (χ1v) is 10.4. The van der Waals surface area contributed by atoms with Gasteiger partial charge in [0.1, 0.15) is 11.2 Å². The van der Waals surface area contributed by atoms with Gasteiger partial charge in [-0.05, 0) is 78.3 Å². The summed E-state index contributed by atoms with van der Waals surface area (Å²) in [6.45, 7) is 1.86. The molecule has 5 rings (SSSR count). The number of hydrogen-bond donors (Lipinski definition) is 2. The smallest absolute Gasteiger partial charge is 0.244 e. The monoisotopic (exact) mass is 422 g/mol. The number of halogens is 2. The number of benzene rings is 2. The minimum atomic E-state index is -1.19. The lowest BCUT2D eigenvalue weighted by Crippen LogP contribution is -2.53. The molecule has 6 heteroatoms. The number of hydrogen-bond acceptors (Lipinski definition) is 2. The number of allylic oxidation sites excluding steroid dienone is 2. The van der Waals surface area contributed by atoms with E-state index in [4.69, 9.17) is 11.6 Å². The standard InChI is InChI=1S/C24H20ClFN2O2/c1-13-6-8-16(26)11-17(13)22-24(18-9-7-15(25)10-20(18)27-23(24)30)19(12-21(29)28-22)14-4-2-3-5-14/h4,6-12,22H,2-3,5H2,1H3,(H,27,30)(H,28,29)/t22-,24?/m1/s1. The molecule has 0 saturated carbocycles. The normalized spacial score (nSPS) is 25.0. The van der Waals surface area contributed by atoms with Crippen LogP contribution in [0.4, 0.5) is 10.1 Å². The molecule has 2 atom stereocenters. The molecule has 4 nitrogen and oxygen atoms in total. The Hall–Kier alpha value is -2.92. The lowest BCUT2D eigenvalue weighted by molar-refractivity contribution is -0.123. The maximum atomic E-state index is 14.3. The fraction of sp³-hybridized carbons (Fsp3) is 0.250. The maximum absolute atomic E-state index is 14.3. The Bertz CT molecular complexity index is 1170. The van der Waals surface area contributed by atoms with Gasteiger partial charge in [-0.1, -0.05) is 29.8 Å². The highest BCUT2D eigenvalue weighted by Gasteiger charge is 2.58. The molecule has 152 valence electrons. The Morgan fingerprint density at radius 1 is 1.17 bits per heavy atom. The summed E-state index contributed by atoms with van der Waals surface area (Å²) in [6.07, 6.45) is 6.31. The van der Waals surface area contributed by atoms with Crippen molar-refractivity contribution in [1.82, 2.24) is 5.32 Å². The molecule has 1 aliphatic carbocycles. The van der Waals surface area contributed by atoms with Gasteiger partial charge in [-0.3, -0.25) is 9.59 Å². The number of carbonyl (C=O) groups is 2. The van der Waals surface area contributed by atoms with Crippen molar-refractivity contribution in [2.45, 2.75) is 37.6 Å².